The van der Waals surface area contributed by atoms with Gasteiger partial charge in [0.1, 0.15) is 0 Å². The van der Waals surface area contributed by atoms with Crippen LogP contribution in [0.2, 0.25) is 0 Å². The van der Waals surface area contributed by atoms with Crippen molar-refractivity contribution in [1.82, 2.24) is 5.32 Å². The standard InChI is InChI=1S/C9H18N2/c1-8(9(2,3)4)6-11-7-10-5/h6-7H,1-5H3,(H,10,11)/b8-6+. The van der Waals surface area contributed by atoms with Gasteiger partial charge in [0.25, 0.3) is 0 Å². The van der Waals surface area contributed by atoms with Crippen molar-refractivity contribution in [2.45, 2.75) is 27.7 Å². The highest BCUT2D eigenvalue weighted by Gasteiger charge is 2.11. The number of nitrogens with zero attached hydrogens (tertiary/aromatic N) is 1. The molecule has 0 spiro atoms. The zero-order valence-corrected chi connectivity index (χ0v) is 8.10. The van der Waals surface area contributed by atoms with Gasteiger partial charge in [0.05, 0.1) is 6.34 Å². The molecule has 0 unspecified atom stereocenters. The number of hydrogen-bond donors (Lipinski definition) is 1. The van der Waals surface area contributed by atoms with Gasteiger partial charge in [-0.3, -0.25) is 0 Å². The zero-order chi connectivity index (χ0) is 8.91. The monoisotopic (exact) mass is 154 g/mol. The molecule has 0 aliphatic heterocycles. The van der Waals surface area contributed by atoms with Gasteiger partial charge in [0.2, 0.25) is 0 Å². The molecule has 0 aliphatic carbocycles. The molecule has 0 aromatic heterocycles. The lowest BCUT2D eigenvalue weighted by atomic mass is 9.88. The van der Waals surface area contributed by atoms with Crippen LogP contribution < -0.4 is 5.32 Å². The molecule has 1 N–H and O–H groups in total. The van der Waals surface area contributed by atoms with E-state index in [9.17, 15) is 0 Å². The first-order valence-corrected chi connectivity index (χ1v) is 3.84. The fraction of sp³-hybridized carbons (Fsp3) is 0.667. The third-order valence-corrected chi connectivity index (χ3v) is 1.65. The highest BCUT2D eigenvalue weighted by Crippen LogP contribution is 2.23. The summed E-state index contributed by atoms with van der Waals surface area (Å²) in [5, 5.41) is 2.84. The smallest absolute Gasteiger partial charge is 0.0876 e. The molecule has 11 heavy (non-hydrogen) atoms. The Morgan fingerprint density at radius 3 is 2.27 bits per heavy atom. The first-order valence-electron chi connectivity index (χ1n) is 3.84. The molecule has 0 heterocycles. The van der Waals surface area contributed by atoms with Crippen molar-refractivity contribution >= 4 is 6.34 Å². The van der Waals surface area contributed by atoms with E-state index in [1.807, 2.05) is 13.2 Å². The van der Waals surface area contributed by atoms with Gasteiger partial charge in [-0.1, -0.05) is 20.8 Å². The van der Waals surface area contributed by atoms with E-state index in [1.54, 1.807) is 6.34 Å². The summed E-state index contributed by atoms with van der Waals surface area (Å²) < 4.78 is 0. The summed E-state index contributed by atoms with van der Waals surface area (Å²) in [4.78, 5) is 4.06. The highest BCUT2D eigenvalue weighted by molar-refractivity contribution is 5.54. The number of rotatable bonds is 2. The van der Waals surface area contributed by atoms with Gasteiger partial charge in [0, 0.05) is 13.2 Å². The van der Waals surface area contributed by atoms with Crippen molar-refractivity contribution in [2.75, 3.05) is 7.05 Å². The van der Waals surface area contributed by atoms with E-state index in [-0.39, 0.29) is 5.41 Å². The van der Waals surface area contributed by atoms with Gasteiger partial charge in [-0.15, -0.1) is 0 Å². The second-order valence-corrected chi connectivity index (χ2v) is 3.63. The van der Waals surface area contributed by atoms with Crippen LogP contribution in [-0.4, -0.2) is 13.4 Å². The number of hydrogen-bond acceptors (Lipinski definition) is 1. The Morgan fingerprint density at radius 2 is 1.91 bits per heavy atom. The van der Waals surface area contributed by atoms with Crippen molar-refractivity contribution in [3.05, 3.63) is 11.8 Å². The van der Waals surface area contributed by atoms with Gasteiger partial charge in [0.15, 0.2) is 0 Å². The van der Waals surface area contributed by atoms with Crippen molar-refractivity contribution in [1.29, 1.82) is 0 Å². The van der Waals surface area contributed by atoms with E-state index >= 15 is 0 Å². The average Bonchev–Trinajstić information content (AvgIpc) is 1.86. The van der Waals surface area contributed by atoms with Crippen LogP contribution in [-0.2, 0) is 0 Å². The SMILES string of the molecule is CN/C=N\C=C(/C)C(C)(C)C. The fourth-order valence-electron chi connectivity index (χ4n) is 0.417. The maximum atomic E-state index is 4.06. The number of aliphatic imine (C=N–C) groups is 1. The first kappa shape index (κ1) is 10.2. The summed E-state index contributed by atoms with van der Waals surface area (Å²) in [7, 11) is 1.84. The van der Waals surface area contributed by atoms with Gasteiger partial charge >= 0.3 is 0 Å². The molecule has 2 nitrogen and oxygen atoms in total. The molecule has 0 atom stereocenters. The number of allylic oxidation sites excluding steroid dienone is 1. The van der Waals surface area contributed by atoms with Crippen molar-refractivity contribution < 1.29 is 0 Å². The Hall–Kier alpha value is -0.790. The van der Waals surface area contributed by atoms with Crippen molar-refractivity contribution in [3.63, 3.8) is 0 Å². The molecule has 2 heteroatoms. The van der Waals surface area contributed by atoms with Gasteiger partial charge in [-0.2, -0.15) is 0 Å². The predicted molar refractivity (Wildman–Crippen MR) is 50.8 cm³/mol. The van der Waals surface area contributed by atoms with E-state index in [1.165, 1.54) is 5.57 Å². The lowest BCUT2D eigenvalue weighted by Gasteiger charge is -2.17. The van der Waals surface area contributed by atoms with Gasteiger partial charge in [-0.25, -0.2) is 4.99 Å². The minimum Gasteiger partial charge on any atom is -0.379 e. The molecule has 64 valence electrons. The van der Waals surface area contributed by atoms with Crippen LogP contribution in [0.25, 0.3) is 0 Å². The first-order chi connectivity index (χ1) is 4.98. The molecule has 0 rings (SSSR count). The lowest BCUT2D eigenvalue weighted by Crippen LogP contribution is -2.06. The van der Waals surface area contributed by atoms with E-state index in [0.29, 0.717) is 0 Å². The summed E-state index contributed by atoms with van der Waals surface area (Å²) >= 11 is 0. The third-order valence-electron chi connectivity index (χ3n) is 1.65. The average molecular weight is 154 g/mol. The molecule has 0 radical (unpaired) electrons. The Kier molecular flexibility index (Phi) is 3.86. The molecule has 0 aromatic carbocycles. The highest BCUT2D eigenvalue weighted by atomic mass is 14.9. The van der Waals surface area contributed by atoms with Crippen LogP contribution in [0.3, 0.4) is 0 Å². The van der Waals surface area contributed by atoms with Crippen LogP contribution in [0.1, 0.15) is 27.7 Å². The van der Waals surface area contributed by atoms with Crippen LogP contribution >= 0.6 is 0 Å². The molecule has 0 fully saturated rings. The summed E-state index contributed by atoms with van der Waals surface area (Å²) in [5.74, 6) is 0. The fourth-order valence-corrected chi connectivity index (χ4v) is 0.417. The number of nitrogens with one attached hydrogen (secondary N) is 1. The van der Waals surface area contributed by atoms with E-state index in [0.717, 1.165) is 0 Å². The Balaban J connectivity index is 4.12. The summed E-state index contributed by atoms with van der Waals surface area (Å²) in [6.45, 7) is 8.61. The summed E-state index contributed by atoms with van der Waals surface area (Å²) in [6, 6.07) is 0. The largest absolute Gasteiger partial charge is 0.379 e. The minimum atomic E-state index is 0.227. The van der Waals surface area contributed by atoms with Crippen molar-refractivity contribution in [2.24, 2.45) is 10.4 Å². The van der Waals surface area contributed by atoms with Crippen molar-refractivity contribution in [3.8, 4) is 0 Å². The molecular formula is C9H18N2. The summed E-state index contributed by atoms with van der Waals surface area (Å²) in [5.41, 5.74) is 1.51. The van der Waals surface area contributed by atoms with Crippen LogP contribution in [0.5, 0.6) is 0 Å². The minimum absolute atomic E-state index is 0.227. The van der Waals surface area contributed by atoms with Crippen LogP contribution in [0, 0.1) is 5.41 Å². The lowest BCUT2D eigenvalue weighted by molar-refractivity contribution is 0.502. The van der Waals surface area contributed by atoms with Crippen LogP contribution in [0.4, 0.5) is 0 Å². The van der Waals surface area contributed by atoms with E-state index in [4.69, 9.17) is 0 Å². The van der Waals surface area contributed by atoms with Gasteiger partial charge < -0.3 is 5.32 Å². The molecular weight excluding hydrogens is 136 g/mol. The molecule has 0 aliphatic rings. The Morgan fingerprint density at radius 1 is 1.36 bits per heavy atom. The Bertz CT molecular complexity index is 161. The topological polar surface area (TPSA) is 24.4 Å². The summed E-state index contributed by atoms with van der Waals surface area (Å²) in [6.07, 6.45) is 3.56. The third kappa shape index (κ3) is 4.59. The predicted octanol–water partition coefficient (Wildman–Crippen LogP) is 2.18. The second-order valence-electron chi connectivity index (χ2n) is 3.63. The van der Waals surface area contributed by atoms with Gasteiger partial charge in [-0.05, 0) is 17.9 Å². The van der Waals surface area contributed by atoms with E-state index < -0.39 is 0 Å². The quantitative estimate of drug-likeness (QED) is 0.478. The molecule has 0 bridgehead atoms. The second kappa shape index (κ2) is 4.16. The maximum absolute atomic E-state index is 4.06. The molecule has 0 saturated heterocycles. The van der Waals surface area contributed by atoms with E-state index in [2.05, 4.69) is 38.0 Å². The Labute approximate surface area is 69.4 Å². The molecule has 0 amide bonds. The molecule has 0 saturated carbocycles. The van der Waals surface area contributed by atoms with Crippen LogP contribution in [0.15, 0.2) is 16.8 Å². The maximum Gasteiger partial charge on any atom is 0.0876 e. The zero-order valence-electron chi connectivity index (χ0n) is 8.10. The molecule has 0 aromatic rings. The normalized spacial score (nSPS) is 14.1.